The van der Waals surface area contributed by atoms with E-state index in [-0.39, 0.29) is 18.7 Å². The molecule has 0 aliphatic carbocycles. The number of aliphatic hydroxyl groups is 1. The molecule has 0 saturated carbocycles. The molecule has 0 bridgehead atoms. The van der Waals surface area contributed by atoms with Crippen LogP contribution in [0, 0.1) is 0 Å². The average Bonchev–Trinajstić information content (AvgIpc) is 2.90. The standard InChI is InChI=1S/C16H15F3N2O6/c1-27-15(26)9-7-21(4-5-22)13(23)12(9)20-11-3-2-8(14(24)25)6-10(11)16(17,18)19/h2-3,6,20,22H,4-5,7H2,1H3,(H,24,25). The van der Waals surface area contributed by atoms with E-state index in [9.17, 15) is 27.6 Å². The molecule has 0 atom stereocenters. The summed E-state index contributed by atoms with van der Waals surface area (Å²) in [5, 5.41) is 20.2. The van der Waals surface area contributed by atoms with Crippen molar-refractivity contribution in [3.8, 4) is 0 Å². The highest BCUT2D eigenvalue weighted by Crippen LogP contribution is 2.37. The number of methoxy groups -OCH3 is 1. The summed E-state index contributed by atoms with van der Waals surface area (Å²) in [6, 6.07) is 2.22. The number of hydrogen-bond acceptors (Lipinski definition) is 6. The zero-order chi connectivity index (χ0) is 20.4. The van der Waals surface area contributed by atoms with E-state index in [2.05, 4.69) is 10.1 Å². The fourth-order valence-corrected chi connectivity index (χ4v) is 2.50. The molecule has 0 saturated heterocycles. The van der Waals surface area contributed by atoms with Crippen molar-refractivity contribution >= 4 is 23.5 Å². The van der Waals surface area contributed by atoms with Crippen LogP contribution in [0.1, 0.15) is 15.9 Å². The van der Waals surface area contributed by atoms with Crippen LogP contribution in [0.2, 0.25) is 0 Å². The van der Waals surface area contributed by atoms with Crippen molar-refractivity contribution in [2.75, 3.05) is 32.1 Å². The number of carboxylic acid groups (broad SMARTS) is 1. The van der Waals surface area contributed by atoms with Gasteiger partial charge in [-0.2, -0.15) is 13.2 Å². The molecule has 0 radical (unpaired) electrons. The SMILES string of the molecule is COC(=O)C1=C(Nc2ccc(C(=O)O)cc2C(F)(F)F)C(=O)N(CCO)C1. The molecule has 146 valence electrons. The number of carboxylic acids is 1. The fraction of sp³-hybridized carbons (Fsp3) is 0.312. The zero-order valence-corrected chi connectivity index (χ0v) is 14.0. The second-order valence-electron chi connectivity index (χ2n) is 5.48. The molecule has 11 heteroatoms. The van der Waals surface area contributed by atoms with Crippen molar-refractivity contribution in [3.05, 3.63) is 40.6 Å². The van der Waals surface area contributed by atoms with Gasteiger partial charge in [0.25, 0.3) is 5.91 Å². The van der Waals surface area contributed by atoms with E-state index < -0.39 is 53.1 Å². The highest BCUT2D eigenvalue weighted by atomic mass is 19.4. The highest BCUT2D eigenvalue weighted by Gasteiger charge is 2.38. The van der Waals surface area contributed by atoms with Crippen LogP contribution in [0.25, 0.3) is 0 Å². The van der Waals surface area contributed by atoms with Crippen molar-refractivity contribution in [1.82, 2.24) is 4.90 Å². The Bertz CT molecular complexity index is 819. The topological polar surface area (TPSA) is 116 Å². The Balaban J connectivity index is 2.50. The molecule has 0 aromatic heterocycles. The number of halogens is 3. The van der Waals surface area contributed by atoms with Crippen molar-refractivity contribution in [2.45, 2.75) is 6.18 Å². The van der Waals surface area contributed by atoms with Gasteiger partial charge in [0.15, 0.2) is 0 Å². The van der Waals surface area contributed by atoms with Gasteiger partial charge in [-0.25, -0.2) is 9.59 Å². The van der Waals surface area contributed by atoms with Crippen molar-refractivity contribution in [1.29, 1.82) is 0 Å². The summed E-state index contributed by atoms with van der Waals surface area (Å²) in [7, 11) is 1.05. The third-order valence-corrected chi connectivity index (χ3v) is 3.79. The van der Waals surface area contributed by atoms with Gasteiger partial charge in [0, 0.05) is 6.54 Å². The lowest BCUT2D eigenvalue weighted by Crippen LogP contribution is -2.31. The number of aliphatic hydroxyl groups excluding tert-OH is 1. The second kappa shape index (κ2) is 7.66. The Kier molecular flexibility index (Phi) is 5.74. The van der Waals surface area contributed by atoms with Crippen LogP contribution in [-0.4, -0.2) is 59.8 Å². The zero-order valence-electron chi connectivity index (χ0n) is 14.0. The van der Waals surface area contributed by atoms with E-state index in [1.807, 2.05) is 0 Å². The van der Waals surface area contributed by atoms with E-state index >= 15 is 0 Å². The molecule has 0 unspecified atom stereocenters. The van der Waals surface area contributed by atoms with E-state index in [1.165, 1.54) is 0 Å². The van der Waals surface area contributed by atoms with Gasteiger partial charge in [0.05, 0.1) is 42.6 Å². The van der Waals surface area contributed by atoms with Crippen molar-refractivity contribution < 1.29 is 42.5 Å². The number of carbonyl (C=O) groups excluding carboxylic acids is 2. The molecule has 3 N–H and O–H groups in total. The number of amides is 1. The van der Waals surface area contributed by atoms with Crippen molar-refractivity contribution in [3.63, 3.8) is 0 Å². The molecule has 1 heterocycles. The Morgan fingerprint density at radius 3 is 2.52 bits per heavy atom. The van der Waals surface area contributed by atoms with E-state index in [1.54, 1.807) is 0 Å². The summed E-state index contributed by atoms with van der Waals surface area (Å²) in [6.45, 7) is -0.786. The molecule has 1 aliphatic heterocycles. The van der Waals surface area contributed by atoms with Crippen LogP contribution in [0.15, 0.2) is 29.5 Å². The quantitative estimate of drug-likeness (QED) is 0.625. The molecule has 8 nitrogen and oxygen atoms in total. The van der Waals surface area contributed by atoms with Crippen LogP contribution in [-0.2, 0) is 20.5 Å². The average molecular weight is 388 g/mol. The maximum absolute atomic E-state index is 13.3. The van der Waals surface area contributed by atoms with Gasteiger partial charge >= 0.3 is 18.1 Å². The Labute approximate surface area is 150 Å². The van der Waals surface area contributed by atoms with Gasteiger partial charge < -0.3 is 25.2 Å². The van der Waals surface area contributed by atoms with Crippen molar-refractivity contribution in [2.24, 2.45) is 0 Å². The number of nitrogens with zero attached hydrogens (tertiary/aromatic N) is 1. The predicted octanol–water partition coefficient (Wildman–Crippen LogP) is 1.08. The molecule has 1 aromatic rings. The number of hydrogen-bond donors (Lipinski definition) is 3. The summed E-state index contributed by atoms with van der Waals surface area (Å²) < 4.78 is 44.5. The molecule has 0 spiro atoms. The molecule has 1 aliphatic rings. The smallest absolute Gasteiger partial charge is 0.418 e. The number of rotatable bonds is 6. The van der Waals surface area contributed by atoms with Crippen LogP contribution >= 0.6 is 0 Å². The minimum Gasteiger partial charge on any atom is -0.478 e. The first kappa shape index (κ1) is 20.2. The van der Waals surface area contributed by atoms with Gasteiger partial charge in [0.1, 0.15) is 5.70 Å². The van der Waals surface area contributed by atoms with Gasteiger partial charge in [-0.1, -0.05) is 0 Å². The number of ether oxygens (including phenoxy) is 1. The Morgan fingerprint density at radius 1 is 1.33 bits per heavy atom. The number of nitrogens with one attached hydrogen (secondary N) is 1. The number of esters is 1. The third-order valence-electron chi connectivity index (χ3n) is 3.79. The largest absolute Gasteiger partial charge is 0.478 e. The van der Waals surface area contributed by atoms with Gasteiger partial charge in [-0.3, -0.25) is 4.79 Å². The molecule has 27 heavy (non-hydrogen) atoms. The summed E-state index contributed by atoms with van der Waals surface area (Å²) in [5.74, 6) is -3.26. The summed E-state index contributed by atoms with van der Waals surface area (Å²) in [5.41, 5.74) is -3.12. The first-order chi connectivity index (χ1) is 12.6. The maximum atomic E-state index is 13.3. The minimum absolute atomic E-state index is 0.130. The number of aromatic carboxylic acids is 1. The van der Waals surface area contributed by atoms with Gasteiger partial charge in [-0.15, -0.1) is 0 Å². The number of β-amino-alcohol motifs (C(OH)–C–C–N with tert-alkyl or cyclic N) is 1. The van der Waals surface area contributed by atoms with Crippen LogP contribution < -0.4 is 5.32 Å². The van der Waals surface area contributed by atoms with Crippen LogP contribution in [0.4, 0.5) is 18.9 Å². The Morgan fingerprint density at radius 2 is 2.00 bits per heavy atom. The molecule has 1 amide bonds. The lowest BCUT2D eigenvalue weighted by atomic mass is 10.1. The first-order valence-corrected chi connectivity index (χ1v) is 7.53. The van der Waals surface area contributed by atoms with E-state index in [4.69, 9.17) is 10.2 Å². The lowest BCUT2D eigenvalue weighted by Gasteiger charge is -2.17. The second-order valence-corrected chi connectivity index (χ2v) is 5.48. The number of anilines is 1. The van der Waals surface area contributed by atoms with Crippen LogP contribution in [0.3, 0.4) is 0 Å². The monoisotopic (exact) mass is 388 g/mol. The predicted molar refractivity (Wildman–Crippen MR) is 84.7 cm³/mol. The molecule has 1 aromatic carbocycles. The van der Waals surface area contributed by atoms with Gasteiger partial charge in [-0.05, 0) is 18.2 Å². The molecular weight excluding hydrogens is 373 g/mol. The third kappa shape index (κ3) is 4.19. The molecular formula is C16H15F3N2O6. The molecule has 0 fully saturated rings. The van der Waals surface area contributed by atoms with E-state index in [0.29, 0.717) is 6.07 Å². The first-order valence-electron chi connectivity index (χ1n) is 7.53. The lowest BCUT2D eigenvalue weighted by molar-refractivity contribution is -0.137. The number of carbonyl (C=O) groups is 3. The summed E-state index contributed by atoms with van der Waals surface area (Å²) in [4.78, 5) is 36.3. The minimum atomic E-state index is -4.91. The fourth-order valence-electron chi connectivity index (χ4n) is 2.50. The highest BCUT2D eigenvalue weighted by molar-refractivity contribution is 6.08. The summed E-state index contributed by atoms with van der Waals surface area (Å²) in [6.07, 6.45) is -4.91. The van der Waals surface area contributed by atoms with Gasteiger partial charge in [0.2, 0.25) is 0 Å². The molecule has 2 rings (SSSR count). The van der Waals surface area contributed by atoms with Crippen LogP contribution in [0.5, 0.6) is 0 Å². The Hall–Kier alpha value is -3.08. The number of alkyl halides is 3. The summed E-state index contributed by atoms with van der Waals surface area (Å²) >= 11 is 0. The van der Waals surface area contributed by atoms with E-state index in [0.717, 1.165) is 24.1 Å². The number of benzene rings is 1. The maximum Gasteiger partial charge on any atom is 0.418 e. The normalized spacial score (nSPS) is 14.6.